The molecule has 0 aromatic heterocycles. The molecule has 4 nitrogen and oxygen atoms in total. The second kappa shape index (κ2) is 4.98. The molecule has 0 spiro atoms. The molecule has 0 aliphatic carbocycles. The molecule has 1 aromatic rings. The number of anilines is 1. The van der Waals surface area contributed by atoms with Gasteiger partial charge in [-0.15, -0.1) is 0 Å². The molecular formula is C14H21N3O. The number of nitrogens with one attached hydrogen (secondary N) is 1. The van der Waals surface area contributed by atoms with E-state index in [-0.39, 0.29) is 12.1 Å². The Kier molecular flexibility index (Phi) is 3.57. The molecule has 1 aromatic carbocycles. The van der Waals surface area contributed by atoms with Crippen molar-refractivity contribution in [1.29, 1.82) is 0 Å². The topological polar surface area (TPSA) is 35.6 Å². The normalized spacial score (nSPS) is 19.8. The Hall–Kier alpha value is -1.55. The molecule has 0 radical (unpaired) electrons. The van der Waals surface area contributed by atoms with Crippen molar-refractivity contribution in [3.63, 3.8) is 0 Å². The number of hydrogen-bond donors (Lipinski definition) is 1. The number of carbonyl (C=O) groups excluding carboxylic acids is 1. The number of benzene rings is 1. The molecule has 2 amide bonds. The summed E-state index contributed by atoms with van der Waals surface area (Å²) in [5.41, 5.74) is 3.47. The van der Waals surface area contributed by atoms with Crippen LogP contribution in [-0.2, 0) is 0 Å². The first kappa shape index (κ1) is 12.9. The third-order valence-electron chi connectivity index (χ3n) is 3.72. The summed E-state index contributed by atoms with van der Waals surface area (Å²) in [4.78, 5) is 15.9. The minimum Gasteiger partial charge on any atom is -0.321 e. The zero-order chi connectivity index (χ0) is 13.3. The van der Waals surface area contributed by atoms with Crippen LogP contribution >= 0.6 is 0 Å². The van der Waals surface area contributed by atoms with Gasteiger partial charge >= 0.3 is 6.03 Å². The van der Waals surface area contributed by atoms with Gasteiger partial charge in [0.05, 0.1) is 6.04 Å². The van der Waals surface area contributed by atoms with Crippen LogP contribution in [0.5, 0.6) is 0 Å². The van der Waals surface area contributed by atoms with E-state index in [0.717, 1.165) is 18.8 Å². The molecule has 1 fully saturated rings. The smallest absolute Gasteiger partial charge is 0.321 e. The van der Waals surface area contributed by atoms with Crippen LogP contribution in [0.25, 0.3) is 0 Å². The molecule has 0 saturated carbocycles. The van der Waals surface area contributed by atoms with Crippen LogP contribution in [0.2, 0.25) is 0 Å². The molecule has 1 aliphatic heterocycles. The van der Waals surface area contributed by atoms with Gasteiger partial charge in [-0.2, -0.15) is 0 Å². The lowest BCUT2D eigenvalue weighted by atomic mass is 10.1. The monoisotopic (exact) mass is 247 g/mol. The van der Waals surface area contributed by atoms with Gasteiger partial charge in [0.25, 0.3) is 0 Å². The molecule has 1 saturated heterocycles. The average molecular weight is 247 g/mol. The highest BCUT2D eigenvalue weighted by molar-refractivity contribution is 5.94. The van der Waals surface area contributed by atoms with Gasteiger partial charge in [-0.05, 0) is 44.2 Å². The van der Waals surface area contributed by atoms with Crippen LogP contribution < -0.4 is 10.2 Å². The fourth-order valence-electron chi connectivity index (χ4n) is 2.30. The summed E-state index contributed by atoms with van der Waals surface area (Å²) in [7, 11) is 3.78. The van der Waals surface area contributed by atoms with Crippen molar-refractivity contribution in [3.8, 4) is 0 Å². The highest BCUT2D eigenvalue weighted by Gasteiger charge is 2.34. The molecule has 1 unspecified atom stereocenters. The number of aryl methyl sites for hydroxylation is 2. The maximum atomic E-state index is 12.2. The predicted molar refractivity (Wildman–Crippen MR) is 74.1 cm³/mol. The van der Waals surface area contributed by atoms with E-state index in [4.69, 9.17) is 0 Å². The third kappa shape index (κ3) is 2.20. The molecule has 98 valence electrons. The van der Waals surface area contributed by atoms with Gasteiger partial charge in [0.15, 0.2) is 0 Å². The van der Waals surface area contributed by atoms with E-state index in [1.54, 1.807) is 0 Å². The van der Waals surface area contributed by atoms with Gasteiger partial charge in [0.2, 0.25) is 0 Å². The first-order chi connectivity index (χ1) is 8.54. The minimum absolute atomic E-state index is 0.0819. The van der Waals surface area contributed by atoms with Crippen molar-refractivity contribution in [1.82, 2.24) is 10.2 Å². The maximum absolute atomic E-state index is 12.2. The highest BCUT2D eigenvalue weighted by atomic mass is 16.2. The Bertz CT molecular complexity index is 458. The molecule has 1 heterocycles. The molecule has 1 atom stereocenters. The lowest BCUT2D eigenvalue weighted by Crippen LogP contribution is -2.37. The predicted octanol–water partition coefficient (Wildman–Crippen LogP) is 1.76. The molecule has 2 rings (SSSR count). The summed E-state index contributed by atoms with van der Waals surface area (Å²) in [5.74, 6) is 0. The van der Waals surface area contributed by atoms with Crippen LogP contribution in [0.3, 0.4) is 0 Å². The molecule has 0 bridgehead atoms. The van der Waals surface area contributed by atoms with Crippen molar-refractivity contribution in [2.75, 3.05) is 32.1 Å². The number of amides is 2. The standard InChI is InChI=1S/C14H21N3O/c1-10-5-6-12(7-11(10)2)17-9-13(8-15-3)16(4)14(17)18/h5-7,13,15H,8-9H2,1-4H3. The van der Waals surface area contributed by atoms with E-state index < -0.39 is 0 Å². The van der Waals surface area contributed by atoms with Crippen molar-refractivity contribution < 1.29 is 4.79 Å². The van der Waals surface area contributed by atoms with Crippen LogP contribution in [0.15, 0.2) is 18.2 Å². The van der Waals surface area contributed by atoms with E-state index in [1.165, 1.54) is 11.1 Å². The number of nitrogens with zero attached hydrogens (tertiary/aromatic N) is 2. The zero-order valence-corrected chi connectivity index (χ0v) is 11.5. The van der Waals surface area contributed by atoms with Crippen molar-refractivity contribution >= 4 is 11.7 Å². The van der Waals surface area contributed by atoms with Crippen LogP contribution in [0.4, 0.5) is 10.5 Å². The Labute approximate surface area is 109 Å². The minimum atomic E-state index is 0.0819. The highest BCUT2D eigenvalue weighted by Crippen LogP contribution is 2.24. The van der Waals surface area contributed by atoms with E-state index in [9.17, 15) is 4.79 Å². The third-order valence-corrected chi connectivity index (χ3v) is 3.72. The molecule has 4 heteroatoms. The van der Waals surface area contributed by atoms with Crippen molar-refractivity contribution in [2.24, 2.45) is 0 Å². The van der Waals surface area contributed by atoms with E-state index in [0.29, 0.717) is 0 Å². The van der Waals surface area contributed by atoms with Gasteiger partial charge in [-0.25, -0.2) is 4.79 Å². The number of likely N-dealkylation sites (N-methyl/N-ethyl adjacent to an activating group) is 2. The maximum Gasteiger partial charge on any atom is 0.324 e. The van der Waals surface area contributed by atoms with E-state index >= 15 is 0 Å². The summed E-state index contributed by atoms with van der Waals surface area (Å²) in [6, 6.07) is 6.50. The molecular weight excluding hydrogens is 226 g/mol. The summed E-state index contributed by atoms with van der Waals surface area (Å²) >= 11 is 0. The molecule has 1 aliphatic rings. The summed E-state index contributed by atoms with van der Waals surface area (Å²) in [6.07, 6.45) is 0. The van der Waals surface area contributed by atoms with Crippen LogP contribution in [-0.4, -0.2) is 44.2 Å². The lowest BCUT2D eigenvalue weighted by molar-refractivity contribution is 0.218. The quantitative estimate of drug-likeness (QED) is 0.883. The first-order valence-corrected chi connectivity index (χ1v) is 6.30. The number of rotatable bonds is 3. The first-order valence-electron chi connectivity index (χ1n) is 6.30. The largest absolute Gasteiger partial charge is 0.324 e. The fraction of sp³-hybridized carbons (Fsp3) is 0.500. The fourth-order valence-corrected chi connectivity index (χ4v) is 2.30. The Morgan fingerprint density at radius 1 is 1.33 bits per heavy atom. The Morgan fingerprint density at radius 3 is 2.67 bits per heavy atom. The lowest BCUT2D eigenvalue weighted by Gasteiger charge is -2.17. The van der Waals surface area contributed by atoms with Gasteiger partial charge < -0.3 is 10.2 Å². The van der Waals surface area contributed by atoms with Crippen molar-refractivity contribution in [3.05, 3.63) is 29.3 Å². The van der Waals surface area contributed by atoms with E-state index in [1.807, 2.05) is 30.0 Å². The number of urea groups is 1. The average Bonchev–Trinajstić information content (AvgIpc) is 2.62. The molecule has 18 heavy (non-hydrogen) atoms. The van der Waals surface area contributed by atoms with E-state index in [2.05, 4.69) is 31.3 Å². The second-order valence-corrected chi connectivity index (χ2v) is 4.98. The molecule has 1 N–H and O–H groups in total. The number of hydrogen-bond acceptors (Lipinski definition) is 2. The van der Waals surface area contributed by atoms with Gasteiger partial charge in [0.1, 0.15) is 0 Å². The van der Waals surface area contributed by atoms with Gasteiger partial charge in [-0.3, -0.25) is 4.90 Å². The summed E-state index contributed by atoms with van der Waals surface area (Å²) in [5, 5.41) is 3.13. The van der Waals surface area contributed by atoms with Crippen molar-refractivity contribution in [2.45, 2.75) is 19.9 Å². The number of carbonyl (C=O) groups is 1. The van der Waals surface area contributed by atoms with Crippen LogP contribution in [0, 0.1) is 13.8 Å². The summed E-state index contributed by atoms with van der Waals surface area (Å²) < 4.78 is 0. The Morgan fingerprint density at radius 2 is 2.06 bits per heavy atom. The second-order valence-electron chi connectivity index (χ2n) is 4.98. The van der Waals surface area contributed by atoms with Gasteiger partial charge in [0, 0.05) is 25.8 Å². The van der Waals surface area contributed by atoms with Crippen LogP contribution in [0.1, 0.15) is 11.1 Å². The zero-order valence-electron chi connectivity index (χ0n) is 11.5. The SMILES string of the molecule is CNCC1CN(c2ccc(C)c(C)c2)C(=O)N1C. The van der Waals surface area contributed by atoms with Gasteiger partial charge in [-0.1, -0.05) is 6.07 Å². The summed E-state index contributed by atoms with van der Waals surface area (Å²) in [6.45, 7) is 5.73. The Balaban J connectivity index is 2.23.